The van der Waals surface area contributed by atoms with Crippen LogP contribution in [-0.2, 0) is 11.2 Å². The van der Waals surface area contributed by atoms with E-state index < -0.39 is 0 Å². The van der Waals surface area contributed by atoms with Crippen molar-refractivity contribution in [1.82, 2.24) is 20.1 Å². The Bertz CT molecular complexity index is 798. The van der Waals surface area contributed by atoms with Crippen molar-refractivity contribution in [2.45, 2.75) is 32.7 Å². The maximum Gasteiger partial charge on any atom is 0.225 e. The molecule has 0 radical (unpaired) electrons. The van der Waals surface area contributed by atoms with Crippen LogP contribution in [0.25, 0.3) is 11.3 Å². The summed E-state index contributed by atoms with van der Waals surface area (Å²) in [5, 5.41) is 4.22. The normalized spacial score (nSPS) is 16.6. The number of rotatable bonds is 8. The van der Waals surface area contributed by atoms with Gasteiger partial charge in [0.1, 0.15) is 5.75 Å². The average Bonchev–Trinajstić information content (AvgIpc) is 3.09. The molecule has 0 aliphatic carbocycles. The monoisotopic (exact) mass is 416 g/mol. The highest BCUT2D eigenvalue weighted by atomic mass is 32.1. The quantitative estimate of drug-likeness (QED) is 0.717. The van der Waals surface area contributed by atoms with Crippen molar-refractivity contribution in [2.75, 3.05) is 46.9 Å². The Balaban J connectivity index is 1.62. The van der Waals surface area contributed by atoms with Crippen LogP contribution in [0, 0.1) is 6.92 Å². The molecule has 1 N–H and O–H groups in total. The van der Waals surface area contributed by atoms with Gasteiger partial charge in [-0.1, -0.05) is 6.92 Å². The van der Waals surface area contributed by atoms with Crippen LogP contribution < -0.4 is 10.1 Å². The lowest BCUT2D eigenvalue weighted by molar-refractivity contribution is -0.121. The number of carbonyl (C=O) groups is 1. The first kappa shape index (κ1) is 21.7. The molecule has 1 amide bonds. The highest BCUT2D eigenvalue weighted by molar-refractivity contribution is 7.12. The van der Waals surface area contributed by atoms with E-state index in [-0.39, 0.29) is 11.9 Å². The van der Waals surface area contributed by atoms with Crippen LogP contribution in [0.15, 0.2) is 24.3 Å². The smallest absolute Gasteiger partial charge is 0.225 e. The molecule has 6 nitrogen and oxygen atoms in total. The second kappa shape index (κ2) is 10.2. The van der Waals surface area contributed by atoms with Crippen molar-refractivity contribution >= 4 is 17.2 Å². The molecule has 1 saturated heterocycles. The van der Waals surface area contributed by atoms with Crippen LogP contribution >= 0.6 is 11.3 Å². The molecule has 0 saturated carbocycles. The molecule has 1 fully saturated rings. The van der Waals surface area contributed by atoms with Crippen LogP contribution in [0.1, 0.15) is 23.2 Å². The van der Waals surface area contributed by atoms with Crippen molar-refractivity contribution in [3.05, 3.63) is 34.2 Å². The number of aromatic nitrogens is 1. The zero-order valence-corrected chi connectivity index (χ0v) is 18.7. The zero-order chi connectivity index (χ0) is 20.8. The third-order valence-corrected chi connectivity index (χ3v) is 6.39. The first-order valence-corrected chi connectivity index (χ1v) is 11.1. The van der Waals surface area contributed by atoms with E-state index in [1.54, 1.807) is 18.4 Å². The van der Waals surface area contributed by atoms with Gasteiger partial charge in [0.05, 0.1) is 24.2 Å². The Morgan fingerprint density at radius 3 is 2.55 bits per heavy atom. The molecule has 2 heterocycles. The van der Waals surface area contributed by atoms with E-state index in [1.807, 2.05) is 31.2 Å². The van der Waals surface area contributed by atoms with Crippen molar-refractivity contribution in [3.63, 3.8) is 0 Å². The van der Waals surface area contributed by atoms with Gasteiger partial charge in [-0.2, -0.15) is 0 Å². The van der Waals surface area contributed by atoms with Crippen LogP contribution in [0.3, 0.4) is 0 Å². The molecule has 158 valence electrons. The minimum absolute atomic E-state index is 0.0735. The van der Waals surface area contributed by atoms with Gasteiger partial charge >= 0.3 is 0 Å². The van der Waals surface area contributed by atoms with Gasteiger partial charge in [-0.05, 0) is 44.7 Å². The number of ether oxygens (including phenoxy) is 1. The lowest BCUT2D eigenvalue weighted by Gasteiger charge is -2.34. The summed E-state index contributed by atoms with van der Waals surface area (Å²) in [5.41, 5.74) is 1.92. The van der Waals surface area contributed by atoms with Gasteiger partial charge in [0.25, 0.3) is 0 Å². The number of hydrogen-bond donors (Lipinski definition) is 1. The maximum atomic E-state index is 12.8. The van der Waals surface area contributed by atoms with Crippen LogP contribution in [0.2, 0.25) is 0 Å². The summed E-state index contributed by atoms with van der Waals surface area (Å²) in [7, 11) is 3.82. The summed E-state index contributed by atoms with van der Waals surface area (Å²) >= 11 is 1.60. The number of nitrogens with zero attached hydrogens (tertiary/aromatic N) is 3. The summed E-state index contributed by atoms with van der Waals surface area (Å²) in [6, 6.07) is 8.03. The van der Waals surface area contributed by atoms with Gasteiger partial charge in [0.2, 0.25) is 5.91 Å². The predicted molar refractivity (Wildman–Crippen MR) is 119 cm³/mol. The average molecular weight is 417 g/mol. The summed E-state index contributed by atoms with van der Waals surface area (Å²) in [6.07, 6.45) is 1.30. The van der Waals surface area contributed by atoms with Gasteiger partial charge in [0, 0.05) is 49.2 Å². The highest BCUT2D eigenvalue weighted by Gasteiger charge is 2.20. The molecule has 1 aromatic carbocycles. The second-order valence-corrected chi connectivity index (χ2v) is 8.97. The first-order chi connectivity index (χ1) is 14.0. The molecule has 7 heteroatoms. The minimum atomic E-state index is 0.0735. The Morgan fingerprint density at radius 1 is 1.24 bits per heavy atom. The number of methoxy groups -OCH3 is 1. The van der Waals surface area contributed by atoms with Crippen LogP contribution in [0.5, 0.6) is 5.75 Å². The SMILES string of the molecule is CC[C@H](CN1CCN(C)CC1)NC(=O)Cc1sc(C)nc1-c1ccc(OC)cc1. The number of likely N-dealkylation sites (N-methyl/N-ethyl adjacent to an activating group) is 1. The van der Waals surface area contributed by atoms with Gasteiger partial charge in [-0.15, -0.1) is 11.3 Å². The Kier molecular flexibility index (Phi) is 7.64. The fourth-order valence-corrected chi connectivity index (χ4v) is 4.56. The minimum Gasteiger partial charge on any atom is -0.497 e. The van der Waals surface area contributed by atoms with E-state index in [0.29, 0.717) is 6.42 Å². The second-order valence-electron chi connectivity index (χ2n) is 7.69. The molecular formula is C22H32N4O2S. The lowest BCUT2D eigenvalue weighted by atomic mass is 10.1. The van der Waals surface area contributed by atoms with E-state index in [9.17, 15) is 4.79 Å². The van der Waals surface area contributed by atoms with Crippen molar-refractivity contribution < 1.29 is 9.53 Å². The number of aryl methyl sites for hydroxylation is 1. The topological polar surface area (TPSA) is 57.7 Å². The number of nitrogens with one attached hydrogen (secondary N) is 1. The summed E-state index contributed by atoms with van der Waals surface area (Å²) < 4.78 is 5.24. The molecule has 0 spiro atoms. The van der Waals surface area contributed by atoms with E-state index in [1.165, 1.54) is 0 Å². The Morgan fingerprint density at radius 2 is 1.93 bits per heavy atom. The molecule has 2 aromatic rings. The van der Waals surface area contributed by atoms with Gasteiger partial charge < -0.3 is 15.0 Å². The molecule has 0 bridgehead atoms. The van der Waals surface area contributed by atoms with Gasteiger partial charge in [-0.25, -0.2) is 4.98 Å². The van der Waals surface area contributed by atoms with Crippen LogP contribution in [0.4, 0.5) is 0 Å². The van der Waals surface area contributed by atoms with Crippen molar-refractivity contribution in [3.8, 4) is 17.0 Å². The lowest BCUT2D eigenvalue weighted by Crippen LogP contribution is -2.50. The molecule has 1 aliphatic rings. The molecule has 1 atom stereocenters. The summed E-state index contributed by atoms with van der Waals surface area (Å²) in [6.45, 7) is 9.37. The van der Waals surface area contributed by atoms with Gasteiger partial charge in [0.15, 0.2) is 0 Å². The number of carbonyl (C=O) groups excluding carboxylic acids is 1. The highest BCUT2D eigenvalue weighted by Crippen LogP contribution is 2.29. The summed E-state index contributed by atoms with van der Waals surface area (Å²) in [4.78, 5) is 23.3. The number of piperazine rings is 1. The Hall–Kier alpha value is -1.96. The third-order valence-electron chi connectivity index (χ3n) is 5.42. The predicted octanol–water partition coefficient (Wildman–Crippen LogP) is 2.81. The first-order valence-electron chi connectivity index (χ1n) is 10.3. The van der Waals surface area contributed by atoms with E-state index in [4.69, 9.17) is 4.74 Å². The van der Waals surface area contributed by atoms with E-state index in [0.717, 1.165) is 66.0 Å². The third kappa shape index (κ3) is 6.01. The molecule has 1 aromatic heterocycles. The van der Waals surface area contributed by atoms with E-state index in [2.05, 4.69) is 34.1 Å². The van der Waals surface area contributed by atoms with Gasteiger partial charge in [-0.3, -0.25) is 9.69 Å². The molecule has 29 heavy (non-hydrogen) atoms. The number of benzene rings is 1. The molecule has 0 unspecified atom stereocenters. The van der Waals surface area contributed by atoms with Crippen molar-refractivity contribution in [1.29, 1.82) is 0 Å². The number of thiazole rings is 1. The Labute approximate surface area is 177 Å². The fraction of sp³-hybridized carbons (Fsp3) is 0.545. The molecule has 1 aliphatic heterocycles. The number of hydrogen-bond acceptors (Lipinski definition) is 6. The largest absolute Gasteiger partial charge is 0.497 e. The summed E-state index contributed by atoms with van der Waals surface area (Å²) in [5.74, 6) is 0.888. The van der Waals surface area contributed by atoms with Crippen LogP contribution in [-0.4, -0.2) is 73.6 Å². The molecular weight excluding hydrogens is 384 g/mol. The molecule has 3 rings (SSSR count). The fourth-order valence-electron chi connectivity index (χ4n) is 3.61. The maximum absolute atomic E-state index is 12.8. The zero-order valence-electron chi connectivity index (χ0n) is 17.9. The standard InChI is InChI=1S/C22H32N4O2S/c1-5-18(15-26-12-10-25(3)11-13-26)24-21(27)14-20-22(23-16(2)29-20)17-6-8-19(28-4)9-7-17/h6-9,18H,5,10-15H2,1-4H3,(H,24,27)/t18-/m1/s1. The van der Waals surface area contributed by atoms with Crippen molar-refractivity contribution in [2.24, 2.45) is 0 Å². The van der Waals surface area contributed by atoms with E-state index >= 15 is 0 Å². The number of amides is 1.